The van der Waals surface area contributed by atoms with Crippen LogP contribution in [0.5, 0.6) is 0 Å². The van der Waals surface area contributed by atoms with E-state index in [0.717, 1.165) is 32.8 Å². The zero-order chi connectivity index (χ0) is 21.6. The van der Waals surface area contributed by atoms with E-state index >= 15 is 0 Å². The van der Waals surface area contributed by atoms with Gasteiger partial charge in [-0.3, -0.25) is 4.79 Å². The minimum absolute atomic E-state index is 0.132. The molecule has 0 N–H and O–H groups in total. The molecule has 0 aliphatic carbocycles. The Labute approximate surface area is 184 Å². The average Bonchev–Trinajstić information content (AvgIpc) is 3.15. The zero-order valence-electron chi connectivity index (χ0n) is 17.7. The summed E-state index contributed by atoms with van der Waals surface area (Å²) in [5, 5.41) is 10.7. The van der Waals surface area contributed by atoms with E-state index < -0.39 is 0 Å². The summed E-state index contributed by atoms with van der Waals surface area (Å²) in [4.78, 5) is 13.1. The standard InChI is InChI=1S/C24H23BrN4O/c1-14-6-9-21(12-15(14)2)28-18(5)22(16(3)26-28)13-23-17(4)27-29(24(23)30)20-10-7-19(25)8-11-20/h6-13H,1-5H3/b23-13-. The summed E-state index contributed by atoms with van der Waals surface area (Å²) in [7, 11) is 0. The number of amides is 1. The van der Waals surface area contributed by atoms with Crippen molar-refractivity contribution in [2.45, 2.75) is 34.6 Å². The monoisotopic (exact) mass is 462 g/mol. The molecule has 1 amide bonds. The van der Waals surface area contributed by atoms with Gasteiger partial charge in [0.1, 0.15) is 0 Å². The largest absolute Gasteiger partial charge is 0.280 e. The van der Waals surface area contributed by atoms with E-state index in [0.29, 0.717) is 11.3 Å². The molecular weight excluding hydrogens is 440 g/mol. The lowest BCUT2D eigenvalue weighted by Crippen LogP contribution is -2.21. The van der Waals surface area contributed by atoms with Gasteiger partial charge in [0.15, 0.2) is 0 Å². The van der Waals surface area contributed by atoms with Gasteiger partial charge in [-0.05, 0) is 88.2 Å². The molecule has 6 heteroatoms. The van der Waals surface area contributed by atoms with Crippen molar-refractivity contribution in [2.75, 3.05) is 5.01 Å². The second-order valence-electron chi connectivity index (χ2n) is 7.60. The van der Waals surface area contributed by atoms with Crippen molar-refractivity contribution in [2.24, 2.45) is 5.10 Å². The normalized spacial score (nSPS) is 15.3. The maximum Gasteiger partial charge on any atom is 0.280 e. The number of rotatable bonds is 3. The van der Waals surface area contributed by atoms with E-state index in [4.69, 9.17) is 5.10 Å². The molecule has 0 saturated heterocycles. The number of nitrogens with zero attached hydrogens (tertiary/aromatic N) is 4. The fraction of sp³-hybridized carbons (Fsp3) is 0.208. The first-order valence-corrected chi connectivity index (χ1v) is 10.6. The molecule has 0 spiro atoms. The van der Waals surface area contributed by atoms with Gasteiger partial charge in [-0.2, -0.15) is 15.2 Å². The molecule has 0 bridgehead atoms. The highest BCUT2D eigenvalue weighted by Crippen LogP contribution is 2.28. The predicted octanol–water partition coefficient (Wildman–Crippen LogP) is 5.67. The highest BCUT2D eigenvalue weighted by atomic mass is 79.9. The number of halogens is 1. The summed E-state index contributed by atoms with van der Waals surface area (Å²) >= 11 is 3.42. The average molecular weight is 463 g/mol. The minimum atomic E-state index is -0.132. The molecule has 152 valence electrons. The molecule has 1 aromatic heterocycles. The lowest BCUT2D eigenvalue weighted by atomic mass is 10.1. The first kappa shape index (κ1) is 20.3. The number of aryl methyl sites for hydroxylation is 3. The van der Waals surface area contributed by atoms with Crippen molar-refractivity contribution in [3.05, 3.63) is 80.6 Å². The molecule has 1 aliphatic rings. The second-order valence-corrected chi connectivity index (χ2v) is 8.52. The Morgan fingerprint density at radius 3 is 2.23 bits per heavy atom. The Morgan fingerprint density at radius 1 is 0.900 bits per heavy atom. The van der Waals surface area contributed by atoms with Crippen molar-refractivity contribution in [3.63, 3.8) is 0 Å². The molecular formula is C24H23BrN4O. The number of hydrazone groups is 1. The van der Waals surface area contributed by atoms with Gasteiger partial charge in [0, 0.05) is 15.7 Å². The molecule has 2 aromatic carbocycles. The van der Waals surface area contributed by atoms with E-state index in [1.54, 1.807) is 0 Å². The Hall–Kier alpha value is -2.99. The number of anilines is 1. The summed E-state index contributed by atoms with van der Waals surface area (Å²) in [5.41, 5.74) is 8.33. The quantitative estimate of drug-likeness (QED) is 0.470. The fourth-order valence-electron chi connectivity index (χ4n) is 3.56. The van der Waals surface area contributed by atoms with Crippen LogP contribution in [0.1, 0.15) is 35.0 Å². The van der Waals surface area contributed by atoms with Crippen LogP contribution in [0.3, 0.4) is 0 Å². The third-order valence-electron chi connectivity index (χ3n) is 5.50. The maximum absolute atomic E-state index is 13.1. The number of benzene rings is 2. The number of carbonyl (C=O) groups is 1. The van der Waals surface area contributed by atoms with Gasteiger partial charge in [0.2, 0.25) is 0 Å². The van der Waals surface area contributed by atoms with Crippen molar-refractivity contribution in [3.8, 4) is 5.69 Å². The van der Waals surface area contributed by atoms with Crippen molar-refractivity contribution < 1.29 is 4.79 Å². The van der Waals surface area contributed by atoms with Crippen LogP contribution in [0.25, 0.3) is 11.8 Å². The first-order valence-electron chi connectivity index (χ1n) is 9.77. The first-order chi connectivity index (χ1) is 14.3. The smallest absolute Gasteiger partial charge is 0.267 e. The molecule has 2 heterocycles. The number of hydrogen-bond acceptors (Lipinski definition) is 3. The third kappa shape index (κ3) is 3.52. The molecule has 0 radical (unpaired) electrons. The van der Waals surface area contributed by atoms with Crippen LogP contribution < -0.4 is 5.01 Å². The minimum Gasteiger partial charge on any atom is -0.267 e. The van der Waals surface area contributed by atoms with Crippen LogP contribution in [-0.4, -0.2) is 21.4 Å². The van der Waals surface area contributed by atoms with Crippen LogP contribution in [0.15, 0.2) is 57.6 Å². The molecule has 4 rings (SSSR count). The molecule has 5 nitrogen and oxygen atoms in total. The Bertz CT molecular complexity index is 1220. The van der Waals surface area contributed by atoms with E-state index in [1.165, 1.54) is 16.1 Å². The number of hydrogen-bond donors (Lipinski definition) is 0. The Kier molecular flexibility index (Phi) is 5.20. The maximum atomic E-state index is 13.1. The van der Waals surface area contributed by atoms with Crippen LogP contribution in [0.2, 0.25) is 0 Å². The molecule has 3 aromatic rings. The van der Waals surface area contributed by atoms with Gasteiger partial charge in [-0.15, -0.1) is 0 Å². The predicted molar refractivity (Wildman–Crippen MR) is 125 cm³/mol. The van der Waals surface area contributed by atoms with E-state index in [-0.39, 0.29) is 5.91 Å². The molecule has 0 unspecified atom stereocenters. The van der Waals surface area contributed by atoms with Crippen LogP contribution in [-0.2, 0) is 4.79 Å². The molecule has 0 saturated carbocycles. The van der Waals surface area contributed by atoms with E-state index in [9.17, 15) is 4.79 Å². The number of carbonyl (C=O) groups excluding carboxylic acids is 1. The van der Waals surface area contributed by atoms with Gasteiger partial charge in [0.25, 0.3) is 5.91 Å². The van der Waals surface area contributed by atoms with Crippen LogP contribution >= 0.6 is 15.9 Å². The molecule has 0 atom stereocenters. The van der Waals surface area contributed by atoms with Gasteiger partial charge in [-0.1, -0.05) is 22.0 Å². The summed E-state index contributed by atoms with van der Waals surface area (Å²) in [6.07, 6.45) is 1.91. The van der Waals surface area contributed by atoms with Crippen molar-refractivity contribution in [1.29, 1.82) is 0 Å². The second kappa shape index (κ2) is 7.69. The summed E-state index contributed by atoms with van der Waals surface area (Å²) in [5.74, 6) is -0.132. The SMILES string of the molecule is CC1=NN(c2ccc(Br)cc2)C(=O)/C1=C\c1c(C)nn(-c2ccc(C)c(C)c2)c1C. The van der Waals surface area contributed by atoms with Gasteiger partial charge in [0.05, 0.1) is 28.4 Å². The van der Waals surface area contributed by atoms with Gasteiger partial charge in [-0.25, -0.2) is 4.68 Å². The number of aromatic nitrogens is 2. The van der Waals surface area contributed by atoms with Crippen LogP contribution in [0.4, 0.5) is 5.69 Å². The van der Waals surface area contributed by atoms with Gasteiger partial charge >= 0.3 is 0 Å². The van der Waals surface area contributed by atoms with Crippen LogP contribution in [0, 0.1) is 27.7 Å². The van der Waals surface area contributed by atoms with Gasteiger partial charge < -0.3 is 0 Å². The zero-order valence-corrected chi connectivity index (χ0v) is 19.3. The lowest BCUT2D eigenvalue weighted by molar-refractivity contribution is -0.114. The molecule has 30 heavy (non-hydrogen) atoms. The highest BCUT2D eigenvalue weighted by Gasteiger charge is 2.29. The van der Waals surface area contributed by atoms with Crippen molar-refractivity contribution in [1.82, 2.24) is 9.78 Å². The molecule has 1 aliphatic heterocycles. The molecule has 0 fully saturated rings. The fourth-order valence-corrected chi connectivity index (χ4v) is 3.82. The van der Waals surface area contributed by atoms with E-state index in [2.05, 4.69) is 53.1 Å². The summed E-state index contributed by atoms with van der Waals surface area (Å²) in [6, 6.07) is 13.8. The third-order valence-corrected chi connectivity index (χ3v) is 6.03. The van der Waals surface area contributed by atoms with E-state index in [1.807, 2.05) is 55.8 Å². The summed E-state index contributed by atoms with van der Waals surface area (Å²) < 4.78 is 2.89. The Balaban J connectivity index is 1.72. The Morgan fingerprint density at radius 2 is 1.57 bits per heavy atom. The highest BCUT2D eigenvalue weighted by molar-refractivity contribution is 9.10. The lowest BCUT2D eigenvalue weighted by Gasteiger charge is -2.11. The summed E-state index contributed by atoms with van der Waals surface area (Å²) in [6.45, 7) is 10.1. The van der Waals surface area contributed by atoms with Crippen molar-refractivity contribution >= 4 is 39.3 Å². The topological polar surface area (TPSA) is 50.5 Å².